The van der Waals surface area contributed by atoms with Gasteiger partial charge in [0, 0.05) is 19.4 Å². The summed E-state index contributed by atoms with van der Waals surface area (Å²) in [7, 11) is 0. The summed E-state index contributed by atoms with van der Waals surface area (Å²) in [6.45, 7) is 9.43. The molecule has 2 rings (SSSR count). The Hall–Kier alpha value is -2.93. The Morgan fingerprint density at radius 1 is 1.25 bits per heavy atom. The maximum atomic E-state index is 13.1. The highest BCUT2D eigenvalue weighted by atomic mass is 16.5. The van der Waals surface area contributed by atoms with Crippen molar-refractivity contribution in [3.8, 4) is 0 Å². The second-order valence-corrected chi connectivity index (χ2v) is 8.13. The summed E-state index contributed by atoms with van der Waals surface area (Å²) < 4.78 is 5.26. The number of aliphatic hydroxyl groups is 1. The second kappa shape index (κ2) is 12.8. The van der Waals surface area contributed by atoms with Gasteiger partial charge in [-0.05, 0) is 37.3 Å². The molecule has 1 aliphatic heterocycles. The lowest BCUT2D eigenvalue weighted by molar-refractivity contribution is -0.148. The van der Waals surface area contributed by atoms with Gasteiger partial charge in [0.05, 0.1) is 25.1 Å². The van der Waals surface area contributed by atoms with Crippen LogP contribution in [0, 0.1) is 5.92 Å². The topological polar surface area (TPSA) is 95.9 Å². The fourth-order valence-electron chi connectivity index (χ4n) is 3.79. The minimum Gasteiger partial charge on any atom is -0.461 e. The molecule has 3 atom stereocenters. The number of aliphatic hydroxyl groups excluding tert-OH is 1. The molecular formula is C25H34N2O5. The maximum absolute atomic E-state index is 13.1. The van der Waals surface area contributed by atoms with Crippen LogP contribution in [0.1, 0.15) is 43.7 Å². The molecule has 0 spiro atoms. The summed E-state index contributed by atoms with van der Waals surface area (Å²) in [6, 6.07) is 7.57. The number of nitrogens with zero attached hydrogens (tertiary/aromatic N) is 1. The van der Waals surface area contributed by atoms with Crippen LogP contribution in [0.4, 0.5) is 0 Å². The first-order chi connectivity index (χ1) is 15.4. The van der Waals surface area contributed by atoms with Crippen molar-refractivity contribution in [3.63, 3.8) is 0 Å². The Labute approximate surface area is 190 Å². The number of esters is 1. The Morgan fingerprint density at radius 2 is 1.97 bits per heavy atom. The molecule has 2 amide bonds. The molecule has 2 N–H and O–H groups in total. The number of hydrogen-bond donors (Lipinski definition) is 2. The normalized spacial score (nSPS) is 16.9. The van der Waals surface area contributed by atoms with E-state index in [1.165, 1.54) is 0 Å². The molecule has 0 aromatic heterocycles. The number of amides is 2. The van der Waals surface area contributed by atoms with Crippen LogP contribution in [0.15, 0.2) is 49.6 Å². The molecular weight excluding hydrogens is 408 g/mol. The summed E-state index contributed by atoms with van der Waals surface area (Å²) in [5.41, 5.74) is 2.19. The minimum atomic E-state index is -0.583. The predicted octanol–water partition coefficient (Wildman–Crippen LogP) is 2.53. The average Bonchev–Trinajstić information content (AvgIpc) is 2.79. The van der Waals surface area contributed by atoms with E-state index in [4.69, 9.17) is 4.74 Å². The lowest BCUT2D eigenvalue weighted by Crippen LogP contribution is -2.47. The smallest absolute Gasteiger partial charge is 0.306 e. The lowest BCUT2D eigenvalue weighted by Gasteiger charge is -2.36. The van der Waals surface area contributed by atoms with E-state index in [9.17, 15) is 19.5 Å². The predicted molar refractivity (Wildman–Crippen MR) is 122 cm³/mol. The van der Waals surface area contributed by atoms with E-state index in [0.717, 1.165) is 11.1 Å². The number of nitrogens with one attached hydrogen (secondary N) is 1. The van der Waals surface area contributed by atoms with E-state index in [1.54, 1.807) is 24.0 Å². The molecule has 7 nitrogen and oxygen atoms in total. The van der Waals surface area contributed by atoms with Crippen molar-refractivity contribution in [3.05, 3.63) is 60.7 Å². The highest BCUT2D eigenvalue weighted by molar-refractivity contribution is 5.86. The molecule has 0 fully saturated rings. The highest BCUT2D eigenvalue weighted by Crippen LogP contribution is 2.25. The fourth-order valence-corrected chi connectivity index (χ4v) is 3.79. The number of hydrogen-bond acceptors (Lipinski definition) is 5. The van der Waals surface area contributed by atoms with E-state index in [0.29, 0.717) is 25.8 Å². The van der Waals surface area contributed by atoms with Gasteiger partial charge in [0.1, 0.15) is 6.10 Å². The molecule has 0 saturated heterocycles. The molecule has 1 aromatic carbocycles. The zero-order valence-electron chi connectivity index (χ0n) is 18.8. The molecule has 0 unspecified atom stereocenters. The Kier molecular flexibility index (Phi) is 10.1. The quantitative estimate of drug-likeness (QED) is 0.383. The van der Waals surface area contributed by atoms with Gasteiger partial charge in [-0.3, -0.25) is 14.4 Å². The van der Waals surface area contributed by atoms with Crippen LogP contribution in [0.2, 0.25) is 0 Å². The molecule has 174 valence electrons. The molecule has 0 radical (unpaired) electrons. The van der Waals surface area contributed by atoms with Crippen molar-refractivity contribution >= 4 is 17.8 Å². The average molecular weight is 443 g/mol. The van der Waals surface area contributed by atoms with Crippen molar-refractivity contribution in [2.24, 2.45) is 5.92 Å². The standard InChI is InChI=1S/C25H34N2O5/c1-4-6-12-24(30)32-18(3)15-26-25(31)20(9-5-2)14-23(29)27-16-21-11-8-7-10-19(21)13-22(27)17-28/h4-5,7-8,10-11,18,20,22,28H,1-2,6,9,12-17H2,3H3,(H,26,31)/t18-,20-,22-/m0/s1. The van der Waals surface area contributed by atoms with Gasteiger partial charge in [0.25, 0.3) is 0 Å². The fraction of sp³-hybridized carbons (Fsp3) is 0.480. The van der Waals surface area contributed by atoms with Gasteiger partial charge in [0.2, 0.25) is 11.8 Å². The summed E-state index contributed by atoms with van der Waals surface area (Å²) in [6.07, 6.45) is 4.53. The second-order valence-electron chi connectivity index (χ2n) is 8.13. The number of carbonyl (C=O) groups is 3. The first-order valence-electron chi connectivity index (χ1n) is 11.1. The van der Waals surface area contributed by atoms with Gasteiger partial charge >= 0.3 is 5.97 Å². The Morgan fingerprint density at radius 3 is 2.62 bits per heavy atom. The van der Waals surface area contributed by atoms with Crippen molar-refractivity contribution in [2.45, 2.75) is 57.7 Å². The van der Waals surface area contributed by atoms with Crippen LogP contribution >= 0.6 is 0 Å². The zero-order valence-corrected chi connectivity index (χ0v) is 18.8. The molecule has 1 aromatic rings. The zero-order chi connectivity index (χ0) is 23.5. The molecule has 0 saturated carbocycles. The van der Waals surface area contributed by atoms with Crippen molar-refractivity contribution in [1.29, 1.82) is 0 Å². The van der Waals surface area contributed by atoms with Gasteiger partial charge in [-0.1, -0.05) is 36.4 Å². The highest BCUT2D eigenvalue weighted by Gasteiger charge is 2.31. The van der Waals surface area contributed by atoms with Gasteiger partial charge in [0.15, 0.2) is 0 Å². The SMILES string of the molecule is C=CCCC(=O)O[C@@H](C)CNC(=O)[C@@H](CC=C)CC(=O)N1Cc2ccccc2C[C@H]1CO. The number of allylic oxidation sites excluding steroid dienone is 2. The molecule has 7 heteroatoms. The summed E-state index contributed by atoms with van der Waals surface area (Å²) in [4.78, 5) is 39.2. The largest absolute Gasteiger partial charge is 0.461 e. The first kappa shape index (κ1) is 25.3. The number of benzene rings is 1. The molecule has 1 aliphatic rings. The van der Waals surface area contributed by atoms with E-state index in [-0.39, 0.29) is 49.8 Å². The Balaban J connectivity index is 1.94. The summed E-state index contributed by atoms with van der Waals surface area (Å²) in [5.74, 6) is -1.39. The number of carbonyl (C=O) groups excluding carboxylic acids is 3. The van der Waals surface area contributed by atoms with Crippen molar-refractivity contribution in [1.82, 2.24) is 10.2 Å². The van der Waals surface area contributed by atoms with Gasteiger partial charge in [-0.25, -0.2) is 0 Å². The van der Waals surface area contributed by atoms with E-state index in [1.807, 2.05) is 24.3 Å². The monoisotopic (exact) mass is 442 g/mol. The third kappa shape index (κ3) is 7.34. The van der Waals surface area contributed by atoms with Crippen LogP contribution in [0.3, 0.4) is 0 Å². The van der Waals surface area contributed by atoms with E-state index >= 15 is 0 Å². The van der Waals surface area contributed by atoms with Gasteiger partial charge in [-0.15, -0.1) is 13.2 Å². The summed E-state index contributed by atoms with van der Waals surface area (Å²) >= 11 is 0. The van der Waals surface area contributed by atoms with Crippen LogP contribution in [0.5, 0.6) is 0 Å². The van der Waals surface area contributed by atoms with E-state index in [2.05, 4.69) is 18.5 Å². The first-order valence-corrected chi connectivity index (χ1v) is 11.1. The van der Waals surface area contributed by atoms with Crippen LogP contribution in [0.25, 0.3) is 0 Å². The maximum Gasteiger partial charge on any atom is 0.306 e. The third-order valence-corrected chi connectivity index (χ3v) is 5.58. The number of rotatable bonds is 12. The van der Waals surface area contributed by atoms with Crippen LogP contribution < -0.4 is 5.32 Å². The van der Waals surface area contributed by atoms with Crippen molar-refractivity contribution < 1.29 is 24.2 Å². The summed E-state index contributed by atoms with van der Waals surface area (Å²) in [5, 5.41) is 12.6. The van der Waals surface area contributed by atoms with E-state index < -0.39 is 12.0 Å². The number of ether oxygens (including phenoxy) is 1. The molecule has 0 aliphatic carbocycles. The third-order valence-electron chi connectivity index (χ3n) is 5.58. The van der Waals surface area contributed by atoms with Crippen LogP contribution in [-0.2, 0) is 32.1 Å². The van der Waals surface area contributed by atoms with Gasteiger partial charge < -0.3 is 20.1 Å². The van der Waals surface area contributed by atoms with Gasteiger partial charge in [-0.2, -0.15) is 0 Å². The molecule has 0 bridgehead atoms. The van der Waals surface area contributed by atoms with Crippen molar-refractivity contribution in [2.75, 3.05) is 13.2 Å². The van der Waals surface area contributed by atoms with Crippen LogP contribution in [-0.4, -0.2) is 53.1 Å². The Bertz CT molecular complexity index is 822. The lowest BCUT2D eigenvalue weighted by atomic mass is 9.92. The molecule has 32 heavy (non-hydrogen) atoms. The molecule has 1 heterocycles. The number of fused-ring (bicyclic) bond motifs is 1. The minimum absolute atomic E-state index is 0.0179.